The highest BCUT2D eigenvalue weighted by Gasteiger charge is 2.24. The number of anilines is 1. The molecule has 1 aromatic rings. The molecule has 0 aliphatic heterocycles. The Morgan fingerprint density at radius 3 is 2.33 bits per heavy atom. The number of ether oxygens (including phenoxy) is 1. The van der Waals surface area contributed by atoms with Gasteiger partial charge in [0.15, 0.2) is 0 Å². The first-order valence-electron chi connectivity index (χ1n) is 6.00. The average molecular weight is 270 g/mol. The first kappa shape index (κ1) is 14.8. The fourth-order valence-corrected chi connectivity index (χ4v) is 1.93. The van der Waals surface area contributed by atoms with Crippen molar-refractivity contribution in [2.45, 2.75) is 13.8 Å². The second-order valence-electron chi connectivity index (χ2n) is 4.73. The van der Waals surface area contributed by atoms with Gasteiger partial charge in [0, 0.05) is 24.3 Å². The van der Waals surface area contributed by atoms with Crippen LogP contribution >= 0.6 is 11.6 Å². The molecule has 3 nitrogen and oxygen atoms in total. The van der Waals surface area contributed by atoms with Crippen LogP contribution in [0, 0.1) is 11.8 Å². The van der Waals surface area contributed by atoms with Crippen LogP contribution in [0.3, 0.4) is 0 Å². The van der Waals surface area contributed by atoms with Crippen molar-refractivity contribution in [1.29, 1.82) is 0 Å². The molecule has 0 amide bonds. The number of esters is 1. The van der Waals surface area contributed by atoms with E-state index in [2.05, 4.69) is 0 Å². The molecule has 1 atom stereocenters. The van der Waals surface area contributed by atoms with Crippen LogP contribution < -0.4 is 4.90 Å². The van der Waals surface area contributed by atoms with Crippen LogP contribution in [0.2, 0.25) is 5.02 Å². The fourth-order valence-electron chi connectivity index (χ4n) is 1.80. The number of hydrogen-bond acceptors (Lipinski definition) is 3. The lowest BCUT2D eigenvalue weighted by Gasteiger charge is -2.26. The molecule has 1 aromatic carbocycles. The zero-order valence-electron chi connectivity index (χ0n) is 11.3. The van der Waals surface area contributed by atoms with E-state index in [0.717, 1.165) is 5.69 Å². The topological polar surface area (TPSA) is 29.5 Å². The number of halogens is 1. The van der Waals surface area contributed by atoms with Crippen molar-refractivity contribution in [2.24, 2.45) is 11.8 Å². The third-order valence-electron chi connectivity index (χ3n) is 3.05. The Morgan fingerprint density at radius 1 is 1.33 bits per heavy atom. The molecule has 0 aliphatic rings. The molecule has 0 bridgehead atoms. The van der Waals surface area contributed by atoms with Crippen molar-refractivity contribution in [1.82, 2.24) is 0 Å². The molecule has 1 unspecified atom stereocenters. The first-order chi connectivity index (χ1) is 8.45. The van der Waals surface area contributed by atoms with E-state index in [1.165, 1.54) is 7.11 Å². The Balaban J connectivity index is 2.75. The Hall–Kier alpha value is -1.22. The van der Waals surface area contributed by atoms with Crippen LogP contribution in [0.1, 0.15) is 13.8 Å². The SMILES string of the molecule is COC(=O)C(CN(C)c1ccc(Cl)cc1)C(C)C. The van der Waals surface area contributed by atoms with Gasteiger partial charge in [-0.15, -0.1) is 0 Å². The minimum atomic E-state index is -0.161. The number of carbonyl (C=O) groups excluding carboxylic acids is 1. The summed E-state index contributed by atoms with van der Waals surface area (Å²) in [7, 11) is 3.39. The first-order valence-corrected chi connectivity index (χ1v) is 6.38. The fraction of sp³-hybridized carbons (Fsp3) is 0.500. The van der Waals surface area contributed by atoms with E-state index in [0.29, 0.717) is 11.6 Å². The smallest absolute Gasteiger partial charge is 0.310 e. The minimum Gasteiger partial charge on any atom is -0.469 e. The van der Waals surface area contributed by atoms with E-state index in [1.54, 1.807) is 0 Å². The van der Waals surface area contributed by atoms with Crippen LogP contribution in [0.5, 0.6) is 0 Å². The van der Waals surface area contributed by atoms with Gasteiger partial charge in [0.2, 0.25) is 0 Å². The van der Waals surface area contributed by atoms with Crippen molar-refractivity contribution in [3.8, 4) is 0 Å². The summed E-state index contributed by atoms with van der Waals surface area (Å²) < 4.78 is 4.84. The quantitative estimate of drug-likeness (QED) is 0.769. The highest BCUT2D eigenvalue weighted by Crippen LogP contribution is 2.20. The molecule has 18 heavy (non-hydrogen) atoms. The lowest BCUT2D eigenvalue weighted by molar-refractivity contribution is -0.146. The van der Waals surface area contributed by atoms with Gasteiger partial charge in [-0.05, 0) is 30.2 Å². The largest absolute Gasteiger partial charge is 0.469 e. The summed E-state index contributed by atoms with van der Waals surface area (Å²) in [6.07, 6.45) is 0. The van der Waals surface area contributed by atoms with Crippen molar-refractivity contribution >= 4 is 23.3 Å². The number of methoxy groups -OCH3 is 1. The van der Waals surface area contributed by atoms with E-state index < -0.39 is 0 Å². The molecular formula is C14H20ClNO2. The summed E-state index contributed by atoms with van der Waals surface area (Å²) in [5.41, 5.74) is 1.04. The normalized spacial score (nSPS) is 12.3. The molecule has 100 valence electrons. The maximum Gasteiger partial charge on any atom is 0.310 e. The second-order valence-corrected chi connectivity index (χ2v) is 5.17. The summed E-state index contributed by atoms with van der Waals surface area (Å²) >= 11 is 5.85. The molecule has 0 fully saturated rings. The molecule has 0 heterocycles. The average Bonchev–Trinajstić information content (AvgIpc) is 2.35. The second kappa shape index (κ2) is 6.64. The standard InChI is InChI=1S/C14H20ClNO2/c1-10(2)13(14(17)18-4)9-16(3)12-7-5-11(15)6-8-12/h5-8,10,13H,9H2,1-4H3. The summed E-state index contributed by atoms with van der Waals surface area (Å²) in [6, 6.07) is 7.57. The van der Waals surface area contributed by atoms with Crippen molar-refractivity contribution < 1.29 is 9.53 Å². The van der Waals surface area contributed by atoms with E-state index >= 15 is 0 Å². The van der Waals surface area contributed by atoms with Gasteiger partial charge in [-0.2, -0.15) is 0 Å². The molecule has 0 N–H and O–H groups in total. The van der Waals surface area contributed by atoms with Gasteiger partial charge in [0.1, 0.15) is 0 Å². The highest BCUT2D eigenvalue weighted by molar-refractivity contribution is 6.30. The Kier molecular flexibility index (Phi) is 5.48. The lowest BCUT2D eigenvalue weighted by Crippen LogP contribution is -2.34. The zero-order chi connectivity index (χ0) is 13.7. The van der Waals surface area contributed by atoms with Gasteiger partial charge >= 0.3 is 5.97 Å². The van der Waals surface area contributed by atoms with Gasteiger partial charge in [-0.3, -0.25) is 4.79 Å². The third-order valence-corrected chi connectivity index (χ3v) is 3.30. The summed E-state index contributed by atoms with van der Waals surface area (Å²) in [6.45, 7) is 4.68. The monoisotopic (exact) mass is 269 g/mol. The zero-order valence-corrected chi connectivity index (χ0v) is 12.1. The van der Waals surface area contributed by atoms with E-state index in [9.17, 15) is 4.79 Å². The van der Waals surface area contributed by atoms with Crippen LogP contribution in [-0.2, 0) is 9.53 Å². The Labute approximate surface area is 114 Å². The minimum absolute atomic E-state index is 0.129. The molecule has 0 saturated carbocycles. The molecule has 0 saturated heterocycles. The van der Waals surface area contributed by atoms with Crippen LogP contribution in [0.25, 0.3) is 0 Å². The number of hydrogen-bond donors (Lipinski definition) is 0. The number of benzene rings is 1. The molecular weight excluding hydrogens is 250 g/mol. The number of carbonyl (C=O) groups is 1. The van der Waals surface area contributed by atoms with Gasteiger partial charge in [-0.1, -0.05) is 25.4 Å². The number of rotatable bonds is 5. The van der Waals surface area contributed by atoms with E-state index in [-0.39, 0.29) is 17.8 Å². The Morgan fingerprint density at radius 2 is 1.89 bits per heavy atom. The van der Waals surface area contributed by atoms with E-state index in [4.69, 9.17) is 16.3 Å². The lowest BCUT2D eigenvalue weighted by atomic mass is 9.95. The molecule has 0 aliphatic carbocycles. The van der Waals surface area contributed by atoms with Gasteiger partial charge in [0.25, 0.3) is 0 Å². The van der Waals surface area contributed by atoms with Crippen LogP contribution in [-0.4, -0.2) is 26.7 Å². The van der Waals surface area contributed by atoms with E-state index in [1.807, 2.05) is 50.1 Å². The molecule has 0 spiro atoms. The predicted molar refractivity (Wildman–Crippen MR) is 75.1 cm³/mol. The van der Waals surface area contributed by atoms with Gasteiger partial charge in [0.05, 0.1) is 13.0 Å². The van der Waals surface area contributed by atoms with Gasteiger partial charge < -0.3 is 9.64 Å². The summed E-state index contributed by atoms with van der Waals surface area (Å²) in [5.74, 6) is -0.0475. The molecule has 4 heteroatoms. The molecule has 0 aromatic heterocycles. The highest BCUT2D eigenvalue weighted by atomic mass is 35.5. The van der Waals surface area contributed by atoms with Crippen molar-refractivity contribution in [2.75, 3.05) is 25.6 Å². The maximum absolute atomic E-state index is 11.7. The summed E-state index contributed by atoms with van der Waals surface area (Å²) in [4.78, 5) is 13.7. The summed E-state index contributed by atoms with van der Waals surface area (Å²) in [5, 5.41) is 0.709. The van der Waals surface area contributed by atoms with Crippen molar-refractivity contribution in [3.05, 3.63) is 29.3 Å². The van der Waals surface area contributed by atoms with Crippen LogP contribution in [0.15, 0.2) is 24.3 Å². The number of nitrogens with zero attached hydrogens (tertiary/aromatic N) is 1. The maximum atomic E-state index is 11.7. The van der Waals surface area contributed by atoms with Crippen LogP contribution in [0.4, 0.5) is 5.69 Å². The third kappa shape index (κ3) is 3.91. The van der Waals surface area contributed by atoms with Gasteiger partial charge in [-0.25, -0.2) is 0 Å². The Bertz CT molecular complexity index is 389. The van der Waals surface area contributed by atoms with Crippen molar-refractivity contribution in [3.63, 3.8) is 0 Å². The molecule has 1 rings (SSSR count). The molecule has 0 radical (unpaired) electrons. The predicted octanol–water partition coefficient (Wildman–Crippen LogP) is 3.22.